The maximum Gasteiger partial charge on any atom is 0.119 e. The Morgan fingerprint density at radius 1 is 1.00 bits per heavy atom. The first kappa shape index (κ1) is 1.26. The van der Waals surface area contributed by atoms with Crippen molar-refractivity contribution in [2.45, 2.75) is 0 Å². The van der Waals surface area contributed by atoms with E-state index in [-0.39, 0.29) is 18.9 Å². The molecule has 0 fully saturated rings. The molecule has 30 valence electrons. The van der Waals surface area contributed by atoms with Crippen molar-refractivity contribution in [2.24, 2.45) is 0 Å². The number of aromatic nitrogens is 3. The standard InChI is InChI=1S/C3H3N3/c1-4-2-6-3-5-1/h1-3H/i1T,2T,3T,4+1,5+1,6+1. The zero-order chi connectivity index (χ0) is 6.85. The van der Waals surface area contributed by atoms with Crippen LogP contribution in [0, 0.1) is 0 Å². The molecule has 0 bridgehead atoms. The van der Waals surface area contributed by atoms with Gasteiger partial charge in [-0.1, -0.05) is 0 Å². The SMILES string of the molecule is [3H]c1[15n]c([3H])[15n]c([3H])[15n]1. The second kappa shape index (κ2) is 1.45. The molecule has 0 spiro atoms. The molecule has 0 atom stereocenters. The molecule has 3 heteroatoms. The van der Waals surface area contributed by atoms with Crippen molar-refractivity contribution in [3.8, 4) is 0 Å². The summed E-state index contributed by atoms with van der Waals surface area (Å²) in [5.41, 5.74) is 0. The molecule has 0 aliphatic heterocycles. The lowest BCUT2D eigenvalue weighted by Gasteiger charge is -1.69. The fourth-order valence-electron chi connectivity index (χ4n) is 0.142. The zero-order valence-electron chi connectivity index (χ0n) is 5.84. The van der Waals surface area contributed by atoms with Crippen molar-refractivity contribution in [2.75, 3.05) is 0 Å². The highest BCUT2D eigenvalue weighted by Crippen LogP contribution is 1.57. The Balaban J connectivity index is 3.17. The molecule has 0 radical (unpaired) electrons. The van der Waals surface area contributed by atoms with E-state index >= 15 is 0 Å². The van der Waals surface area contributed by atoms with Gasteiger partial charge in [0.15, 0.2) is 0 Å². The van der Waals surface area contributed by atoms with Crippen LogP contribution in [0.3, 0.4) is 0 Å². The van der Waals surface area contributed by atoms with Crippen LogP contribution in [0.1, 0.15) is 4.11 Å². The van der Waals surface area contributed by atoms with E-state index in [1.165, 1.54) is 0 Å². The molecule has 1 heterocycles. The van der Waals surface area contributed by atoms with E-state index in [2.05, 4.69) is 15.0 Å². The monoisotopic (exact) mass is 90.0 g/mol. The smallest absolute Gasteiger partial charge is 0.119 e. The Morgan fingerprint density at radius 2 is 1.33 bits per heavy atom. The van der Waals surface area contributed by atoms with Crippen LogP contribution in [0.4, 0.5) is 0 Å². The Hall–Kier alpha value is -0.990. The molecule has 0 aromatic carbocycles. The summed E-state index contributed by atoms with van der Waals surface area (Å²) in [6, 6.07) is 0. The third kappa shape index (κ3) is 0.484. The topological polar surface area (TPSA) is 38.7 Å². The van der Waals surface area contributed by atoms with Crippen LogP contribution in [-0.2, 0) is 0 Å². The highest BCUT2D eigenvalue weighted by molar-refractivity contribution is 4.51. The number of nitrogens with zero attached hydrogens (tertiary/aromatic N) is 3. The molecule has 1 aromatic heterocycles. The molecule has 0 saturated carbocycles. The van der Waals surface area contributed by atoms with E-state index in [0.29, 0.717) is 0 Å². The maximum atomic E-state index is 6.77. The molecule has 6 heavy (non-hydrogen) atoms. The van der Waals surface area contributed by atoms with Gasteiger partial charge in [0.05, 0.1) is 0 Å². The molecule has 0 aliphatic rings. The van der Waals surface area contributed by atoms with E-state index < -0.39 is 0 Å². The van der Waals surface area contributed by atoms with Gasteiger partial charge in [-0.3, -0.25) is 0 Å². The van der Waals surface area contributed by atoms with E-state index in [0.717, 1.165) is 0 Å². The molecule has 0 aliphatic carbocycles. The van der Waals surface area contributed by atoms with Crippen molar-refractivity contribution >= 4 is 0 Å². The van der Waals surface area contributed by atoms with Gasteiger partial charge in [0.25, 0.3) is 0 Å². The Kier molecular flexibility index (Phi) is 0.303. The first-order valence-corrected chi connectivity index (χ1v) is 1.34. The summed E-state index contributed by atoms with van der Waals surface area (Å²) in [7, 11) is 0. The number of rotatable bonds is 0. The van der Waals surface area contributed by atoms with Crippen LogP contribution in [-0.4, -0.2) is 15.0 Å². The van der Waals surface area contributed by atoms with Gasteiger partial charge in [-0.2, -0.15) is 0 Å². The van der Waals surface area contributed by atoms with Crippen LogP contribution in [0.15, 0.2) is 18.9 Å². The van der Waals surface area contributed by atoms with Crippen LogP contribution in [0.25, 0.3) is 0 Å². The number of hydrogen-bond donors (Lipinski definition) is 0. The van der Waals surface area contributed by atoms with Crippen molar-refractivity contribution in [1.29, 1.82) is 0 Å². The van der Waals surface area contributed by atoms with Crippen molar-refractivity contribution in [3.63, 3.8) is 0 Å². The second-order valence-corrected chi connectivity index (χ2v) is 0.635. The Morgan fingerprint density at radius 3 is 1.67 bits per heavy atom. The lowest BCUT2D eigenvalue weighted by Crippen LogP contribution is -1.73. The summed E-state index contributed by atoms with van der Waals surface area (Å²) in [5, 5.41) is 0. The molecule has 0 amide bonds. The minimum absolute atomic E-state index is 0.333. The number of hydrogen-bond acceptors (Lipinski definition) is 3. The van der Waals surface area contributed by atoms with E-state index in [4.69, 9.17) is 4.11 Å². The summed E-state index contributed by atoms with van der Waals surface area (Å²) in [6.45, 7) is 0. The van der Waals surface area contributed by atoms with Crippen LogP contribution >= 0.6 is 0 Å². The molecule has 0 unspecified atom stereocenters. The van der Waals surface area contributed by atoms with Crippen molar-refractivity contribution < 1.29 is 4.11 Å². The fourth-order valence-corrected chi connectivity index (χ4v) is 0.142. The maximum absolute atomic E-state index is 6.77. The van der Waals surface area contributed by atoms with E-state index in [1.807, 2.05) is 0 Å². The van der Waals surface area contributed by atoms with Crippen molar-refractivity contribution in [1.82, 2.24) is 15.0 Å². The van der Waals surface area contributed by atoms with Gasteiger partial charge in [0, 0.05) is 0 Å². The van der Waals surface area contributed by atoms with Crippen LogP contribution in [0.2, 0.25) is 0 Å². The fraction of sp³-hybridized carbons (Fsp3) is 0. The molecule has 3 nitrogen and oxygen atoms in total. The van der Waals surface area contributed by atoms with Gasteiger partial charge in [-0.05, 0) is 0 Å². The summed E-state index contributed by atoms with van der Waals surface area (Å²) in [6.07, 6.45) is -1.000. The summed E-state index contributed by atoms with van der Waals surface area (Å²) in [5.74, 6) is 0. The van der Waals surface area contributed by atoms with Crippen LogP contribution in [0.5, 0.6) is 0 Å². The molecule has 1 aromatic rings. The first-order chi connectivity index (χ1) is 4.18. The van der Waals surface area contributed by atoms with Crippen molar-refractivity contribution in [3.05, 3.63) is 18.9 Å². The van der Waals surface area contributed by atoms with Gasteiger partial charge in [-0.25, -0.2) is 15.0 Å². The molecular formula is C3H3N3. The minimum atomic E-state index is -0.333. The normalized spacial score (nSPS) is 15.0. The highest BCUT2D eigenvalue weighted by atomic mass is 15.7. The molecule has 1 rings (SSSR count). The lowest BCUT2D eigenvalue weighted by molar-refractivity contribution is 1.05. The van der Waals surface area contributed by atoms with Gasteiger partial charge in [0.1, 0.15) is 23.0 Å². The summed E-state index contributed by atoms with van der Waals surface area (Å²) < 4.78 is 20.3. The largest absolute Gasteiger partial charge is 0.225 e. The predicted molar refractivity (Wildman–Crippen MR) is 19.8 cm³/mol. The van der Waals surface area contributed by atoms with Gasteiger partial charge < -0.3 is 0 Å². The average Bonchev–Trinajstić information content (AvgIpc) is 1.59. The second-order valence-electron chi connectivity index (χ2n) is 0.635. The average molecular weight is 90.1 g/mol. The first-order valence-electron chi connectivity index (χ1n) is 2.84. The van der Waals surface area contributed by atoms with E-state index in [1.54, 1.807) is 0 Å². The minimum Gasteiger partial charge on any atom is -0.225 e. The predicted octanol–water partition coefficient (Wildman–Crippen LogP) is -0.128. The molecule has 0 saturated heterocycles. The Labute approximate surface area is 39.3 Å². The molecular weight excluding hydrogens is 81.0 g/mol. The van der Waals surface area contributed by atoms with Gasteiger partial charge in [-0.15, -0.1) is 0 Å². The summed E-state index contributed by atoms with van der Waals surface area (Å²) in [4.78, 5) is 9.68. The quantitative estimate of drug-likeness (QED) is 0.445. The Bertz CT molecular complexity index is 175. The lowest BCUT2D eigenvalue weighted by atomic mass is 11.3. The summed E-state index contributed by atoms with van der Waals surface area (Å²) >= 11 is 0. The zero-order valence-corrected chi connectivity index (χ0v) is 2.84. The highest BCUT2D eigenvalue weighted by Gasteiger charge is 1.59. The van der Waals surface area contributed by atoms with E-state index in [9.17, 15) is 0 Å². The van der Waals surface area contributed by atoms with Gasteiger partial charge in [0.2, 0.25) is 0 Å². The third-order valence-electron chi connectivity index (χ3n) is 0.300. The third-order valence-corrected chi connectivity index (χ3v) is 0.300. The van der Waals surface area contributed by atoms with Crippen LogP contribution < -0.4 is 0 Å². The molecule has 0 N–H and O–H groups in total. The van der Waals surface area contributed by atoms with Gasteiger partial charge >= 0.3 is 0 Å².